The second-order valence-electron chi connectivity index (χ2n) is 2.66. The standard InChI is InChI=1S/C7H13F2NO.ClH/c8-7(9)6-10-2-1-4-11-5-3-10;/h7H,1-6H2;1H. The molecule has 1 aliphatic heterocycles. The van der Waals surface area contributed by atoms with Crippen molar-refractivity contribution in [3.05, 3.63) is 0 Å². The molecule has 0 atom stereocenters. The van der Waals surface area contributed by atoms with Gasteiger partial charge < -0.3 is 4.74 Å². The molecule has 1 fully saturated rings. The molecule has 1 aliphatic rings. The van der Waals surface area contributed by atoms with E-state index in [1.54, 1.807) is 4.90 Å². The quantitative estimate of drug-likeness (QED) is 0.670. The number of ether oxygens (including phenoxy) is 1. The minimum absolute atomic E-state index is 0. The Morgan fingerprint density at radius 3 is 2.67 bits per heavy atom. The van der Waals surface area contributed by atoms with Crippen molar-refractivity contribution in [3.8, 4) is 0 Å². The zero-order valence-corrected chi connectivity index (χ0v) is 7.66. The van der Waals surface area contributed by atoms with Crippen LogP contribution in [0.25, 0.3) is 0 Å². The van der Waals surface area contributed by atoms with Gasteiger partial charge in [-0.2, -0.15) is 0 Å². The van der Waals surface area contributed by atoms with E-state index in [1.807, 2.05) is 0 Å². The molecule has 0 aromatic carbocycles. The third-order valence-corrected chi connectivity index (χ3v) is 1.71. The number of hydrogen-bond acceptors (Lipinski definition) is 2. The van der Waals surface area contributed by atoms with Gasteiger partial charge in [0.1, 0.15) is 0 Å². The van der Waals surface area contributed by atoms with Gasteiger partial charge in [0.05, 0.1) is 13.2 Å². The van der Waals surface area contributed by atoms with Crippen molar-refractivity contribution >= 4 is 12.4 Å². The summed E-state index contributed by atoms with van der Waals surface area (Å²) in [6.45, 7) is 2.57. The molecule has 5 heteroatoms. The van der Waals surface area contributed by atoms with Crippen LogP contribution in [0, 0.1) is 0 Å². The molecule has 0 spiro atoms. The maximum atomic E-state index is 11.9. The van der Waals surface area contributed by atoms with Crippen molar-refractivity contribution in [1.82, 2.24) is 4.90 Å². The van der Waals surface area contributed by atoms with Crippen molar-refractivity contribution in [3.63, 3.8) is 0 Å². The summed E-state index contributed by atoms with van der Waals surface area (Å²) in [4.78, 5) is 1.75. The summed E-state index contributed by atoms with van der Waals surface area (Å²) in [5.74, 6) is 0. The third kappa shape index (κ3) is 4.85. The van der Waals surface area contributed by atoms with Crippen LogP contribution in [0.3, 0.4) is 0 Å². The maximum Gasteiger partial charge on any atom is 0.251 e. The Morgan fingerprint density at radius 2 is 2.00 bits per heavy atom. The summed E-state index contributed by atoms with van der Waals surface area (Å²) in [5.41, 5.74) is 0. The molecule has 0 aliphatic carbocycles. The van der Waals surface area contributed by atoms with E-state index in [-0.39, 0.29) is 19.0 Å². The Labute approximate surface area is 77.3 Å². The summed E-state index contributed by atoms with van der Waals surface area (Å²) >= 11 is 0. The number of alkyl halides is 2. The van der Waals surface area contributed by atoms with Crippen LogP contribution in [0.5, 0.6) is 0 Å². The van der Waals surface area contributed by atoms with E-state index >= 15 is 0 Å². The van der Waals surface area contributed by atoms with Crippen LogP contribution in [-0.4, -0.2) is 44.2 Å². The smallest absolute Gasteiger partial charge is 0.251 e. The summed E-state index contributed by atoms with van der Waals surface area (Å²) in [6.07, 6.45) is -1.35. The van der Waals surface area contributed by atoms with Crippen molar-refractivity contribution in [1.29, 1.82) is 0 Å². The van der Waals surface area contributed by atoms with E-state index in [1.165, 1.54) is 0 Å². The summed E-state index contributed by atoms with van der Waals surface area (Å²) in [7, 11) is 0. The molecule has 0 aromatic rings. The van der Waals surface area contributed by atoms with E-state index in [2.05, 4.69) is 0 Å². The van der Waals surface area contributed by atoms with Crippen LogP contribution in [0.1, 0.15) is 6.42 Å². The normalized spacial score (nSPS) is 20.2. The third-order valence-electron chi connectivity index (χ3n) is 1.71. The monoisotopic (exact) mass is 201 g/mol. The number of halogens is 3. The fourth-order valence-corrected chi connectivity index (χ4v) is 1.18. The van der Waals surface area contributed by atoms with E-state index in [4.69, 9.17) is 4.74 Å². The van der Waals surface area contributed by atoms with E-state index in [9.17, 15) is 8.78 Å². The van der Waals surface area contributed by atoms with Crippen molar-refractivity contribution < 1.29 is 13.5 Å². The highest BCUT2D eigenvalue weighted by Crippen LogP contribution is 2.02. The van der Waals surface area contributed by atoms with Gasteiger partial charge in [-0.05, 0) is 6.42 Å². The predicted octanol–water partition coefficient (Wildman–Crippen LogP) is 1.40. The van der Waals surface area contributed by atoms with Crippen LogP contribution >= 0.6 is 12.4 Å². The van der Waals surface area contributed by atoms with Gasteiger partial charge in [0, 0.05) is 19.7 Å². The molecule has 1 rings (SSSR count). The fraction of sp³-hybridized carbons (Fsp3) is 1.00. The number of hydrogen-bond donors (Lipinski definition) is 0. The lowest BCUT2D eigenvalue weighted by atomic mass is 10.4. The molecule has 0 unspecified atom stereocenters. The number of nitrogens with zero attached hydrogens (tertiary/aromatic N) is 1. The topological polar surface area (TPSA) is 12.5 Å². The predicted molar refractivity (Wildman–Crippen MR) is 45.1 cm³/mol. The highest BCUT2D eigenvalue weighted by molar-refractivity contribution is 5.85. The molecule has 0 amide bonds. The van der Waals surface area contributed by atoms with Gasteiger partial charge in [0.15, 0.2) is 0 Å². The first-order valence-electron chi connectivity index (χ1n) is 3.87. The van der Waals surface area contributed by atoms with Crippen molar-refractivity contribution in [2.24, 2.45) is 0 Å². The molecule has 0 radical (unpaired) electrons. The SMILES string of the molecule is Cl.FC(F)CN1CCCOCC1. The summed E-state index contributed by atoms with van der Waals surface area (Å²) in [6, 6.07) is 0. The zero-order valence-electron chi connectivity index (χ0n) is 6.84. The lowest BCUT2D eigenvalue weighted by molar-refractivity contribution is 0.0834. The highest BCUT2D eigenvalue weighted by atomic mass is 35.5. The molecule has 0 saturated carbocycles. The Balaban J connectivity index is 0.00000121. The minimum atomic E-state index is -2.21. The molecule has 2 nitrogen and oxygen atoms in total. The Kier molecular flexibility index (Phi) is 6.61. The van der Waals surface area contributed by atoms with E-state index in [0.717, 1.165) is 13.0 Å². The summed E-state index contributed by atoms with van der Waals surface area (Å²) in [5, 5.41) is 0. The van der Waals surface area contributed by atoms with Crippen LogP contribution in [0.15, 0.2) is 0 Å². The molecule has 74 valence electrons. The molecule has 12 heavy (non-hydrogen) atoms. The first-order chi connectivity index (χ1) is 5.29. The molecule has 0 bridgehead atoms. The number of rotatable bonds is 2. The van der Waals surface area contributed by atoms with Crippen LogP contribution in [0.2, 0.25) is 0 Å². The molecular weight excluding hydrogens is 188 g/mol. The van der Waals surface area contributed by atoms with Crippen LogP contribution < -0.4 is 0 Å². The Hall–Kier alpha value is 0.0700. The average molecular weight is 202 g/mol. The van der Waals surface area contributed by atoms with Gasteiger partial charge in [0.25, 0.3) is 6.43 Å². The van der Waals surface area contributed by atoms with Gasteiger partial charge in [-0.1, -0.05) is 0 Å². The lowest BCUT2D eigenvalue weighted by Crippen LogP contribution is -2.31. The minimum Gasteiger partial charge on any atom is -0.380 e. The van der Waals surface area contributed by atoms with E-state index in [0.29, 0.717) is 19.8 Å². The van der Waals surface area contributed by atoms with Gasteiger partial charge in [0.2, 0.25) is 0 Å². The van der Waals surface area contributed by atoms with Crippen molar-refractivity contribution in [2.45, 2.75) is 12.8 Å². The zero-order chi connectivity index (χ0) is 8.10. The second-order valence-corrected chi connectivity index (χ2v) is 2.66. The highest BCUT2D eigenvalue weighted by Gasteiger charge is 2.13. The van der Waals surface area contributed by atoms with Crippen LogP contribution in [-0.2, 0) is 4.74 Å². The first-order valence-corrected chi connectivity index (χ1v) is 3.87. The Morgan fingerprint density at radius 1 is 1.25 bits per heavy atom. The molecule has 1 saturated heterocycles. The maximum absolute atomic E-state index is 11.9. The summed E-state index contributed by atoms with van der Waals surface area (Å²) < 4.78 is 28.9. The van der Waals surface area contributed by atoms with Gasteiger partial charge in [-0.3, -0.25) is 4.90 Å². The lowest BCUT2D eigenvalue weighted by Gasteiger charge is -2.17. The fourth-order valence-electron chi connectivity index (χ4n) is 1.18. The largest absolute Gasteiger partial charge is 0.380 e. The second kappa shape index (κ2) is 6.57. The molecule has 0 aromatic heterocycles. The van der Waals surface area contributed by atoms with Gasteiger partial charge >= 0.3 is 0 Å². The molecule has 1 heterocycles. The van der Waals surface area contributed by atoms with Gasteiger partial charge in [-0.25, -0.2) is 8.78 Å². The molecular formula is C7H14ClF2NO. The average Bonchev–Trinajstić information content (AvgIpc) is 2.14. The molecule has 0 N–H and O–H groups in total. The first kappa shape index (κ1) is 12.1. The van der Waals surface area contributed by atoms with E-state index < -0.39 is 6.43 Å². The van der Waals surface area contributed by atoms with Crippen molar-refractivity contribution in [2.75, 3.05) is 32.8 Å². The van der Waals surface area contributed by atoms with Crippen LogP contribution in [0.4, 0.5) is 8.78 Å². The Bertz CT molecular complexity index is 108. The van der Waals surface area contributed by atoms with Gasteiger partial charge in [-0.15, -0.1) is 12.4 Å².